The van der Waals surface area contributed by atoms with E-state index in [4.69, 9.17) is 4.74 Å². The van der Waals surface area contributed by atoms with Crippen molar-refractivity contribution in [3.8, 4) is 0 Å². The van der Waals surface area contributed by atoms with E-state index in [0.717, 1.165) is 11.1 Å². The van der Waals surface area contributed by atoms with Crippen LogP contribution in [0.1, 0.15) is 45.7 Å². The minimum Gasteiger partial charge on any atom is -0.390 e. The summed E-state index contributed by atoms with van der Waals surface area (Å²) in [7, 11) is 0. The zero-order valence-corrected chi connectivity index (χ0v) is 15.3. The van der Waals surface area contributed by atoms with E-state index in [1.54, 1.807) is 0 Å². The van der Waals surface area contributed by atoms with Crippen molar-refractivity contribution in [2.45, 2.75) is 52.4 Å². The summed E-state index contributed by atoms with van der Waals surface area (Å²) in [6, 6.07) is 20.7. The number of benzene rings is 2. The molecule has 1 N–H and O–H groups in total. The Hall–Kier alpha value is -1.64. The Morgan fingerprint density at radius 1 is 0.875 bits per heavy atom. The molecule has 1 unspecified atom stereocenters. The molecule has 3 rings (SSSR count). The lowest BCUT2D eigenvalue weighted by Gasteiger charge is -2.64. The molecular formula is C22H28O2. The molecule has 1 aliphatic rings. The largest absolute Gasteiger partial charge is 0.390 e. The van der Waals surface area contributed by atoms with Gasteiger partial charge >= 0.3 is 0 Å². The van der Waals surface area contributed by atoms with E-state index < -0.39 is 11.7 Å². The van der Waals surface area contributed by atoms with E-state index in [1.165, 1.54) is 0 Å². The summed E-state index contributed by atoms with van der Waals surface area (Å²) in [5.74, 6) is 0. The maximum absolute atomic E-state index is 10.8. The van der Waals surface area contributed by atoms with Crippen LogP contribution in [0, 0.1) is 10.8 Å². The highest BCUT2D eigenvalue weighted by Crippen LogP contribution is 2.61. The fraction of sp³-hybridized carbons (Fsp3) is 0.455. The van der Waals surface area contributed by atoms with Gasteiger partial charge in [-0.25, -0.2) is 0 Å². The first kappa shape index (κ1) is 17.2. The van der Waals surface area contributed by atoms with Crippen molar-refractivity contribution in [2.75, 3.05) is 0 Å². The molecule has 128 valence electrons. The number of aliphatic hydroxyl groups excluding tert-OH is 1. The fourth-order valence-electron chi connectivity index (χ4n) is 3.94. The van der Waals surface area contributed by atoms with Crippen molar-refractivity contribution in [1.29, 1.82) is 0 Å². The monoisotopic (exact) mass is 324 g/mol. The van der Waals surface area contributed by atoms with Crippen LogP contribution in [-0.4, -0.2) is 17.3 Å². The third-order valence-corrected chi connectivity index (χ3v) is 5.46. The van der Waals surface area contributed by atoms with Gasteiger partial charge in [0.2, 0.25) is 0 Å². The van der Waals surface area contributed by atoms with Crippen LogP contribution in [-0.2, 0) is 10.3 Å². The first-order valence-corrected chi connectivity index (χ1v) is 8.68. The second kappa shape index (κ2) is 5.72. The molecule has 0 aliphatic carbocycles. The van der Waals surface area contributed by atoms with Gasteiger partial charge in [0.05, 0.1) is 12.2 Å². The second-order valence-corrected chi connectivity index (χ2v) is 8.48. The first-order valence-electron chi connectivity index (χ1n) is 8.68. The Morgan fingerprint density at radius 3 is 1.62 bits per heavy atom. The summed E-state index contributed by atoms with van der Waals surface area (Å²) in [6.07, 6.45) is -0.731. The second-order valence-electron chi connectivity index (χ2n) is 8.48. The Bertz CT molecular complexity index is 643. The van der Waals surface area contributed by atoms with E-state index in [9.17, 15) is 5.11 Å². The minimum absolute atomic E-state index is 0.210. The Labute approximate surface area is 145 Å². The molecule has 0 bridgehead atoms. The van der Waals surface area contributed by atoms with E-state index in [2.05, 4.69) is 58.9 Å². The molecule has 0 saturated carbocycles. The lowest BCUT2D eigenvalue weighted by Crippen LogP contribution is -2.69. The van der Waals surface area contributed by atoms with Gasteiger partial charge in [-0.3, -0.25) is 0 Å². The summed E-state index contributed by atoms with van der Waals surface area (Å²) < 4.78 is 6.55. The van der Waals surface area contributed by atoms with Gasteiger partial charge in [0, 0.05) is 5.41 Å². The summed E-state index contributed by atoms with van der Waals surface area (Å²) in [4.78, 5) is 0. The molecule has 0 radical (unpaired) electrons. The smallest absolute Gasteiger partial charge is 0.126 e. The molecule has 24 heavy (non-hydrogen) atoms. The number of hydrogen-bond acceptors (Lipinski definition) is 2. The zero-order chi connectivity index (χ0) is 17.6. The molecule has 0 amide bonds. The van der Waals surface area contributed by atoms with E-state index in [1.807, 2.05) is 36.4 Å². The van der Waals surface area contributed by atoms with E-state index >= 15 is 0 Å². The van der Waals surface area contributed by atoms with Crippen molar-refractivity contribution in [3.05, 3.63) is 71.8 Å². The Kier molecular flexibility index (Phi) is 4.09. The van der Waals surface area contributed by atoms with Gasteiger partial charge in [-0.15, -0.1) is 0 Å². The van der Waals surface area contributed by atoms with Crippen LogP contribution in [0.2, 0.25) is 0 Å². The molecule has 2 heteroatoms. The molecule has 2 aromatic rings. The lowest BCUT2D eigenvalue weighted by molar-refractivity contribution is -0.330. The van der Waals surface area contributed by atoms with Crippen LogP contribution >= 0.6 is 0 Å². The summed E-state index contributed by atoms with van der Waals surface area (Å²) in [5.41, 5.74) is 1.29. The van der Waals surface area contributed by atoms with Crippen molar-refractivity contribution >= 4 is 0 Å². The van der Waals surface area contributed by atoms with Crippen molar-refractivity contribution in [2.24, 2.45) is 10.8 Å². The van der Waals surface area contributed by atoms with Crippen LogP contribution < -0.4 is 0 Å². The molecule has 1 saturated heterocycles. The SMILES string of the molecule is CC(C)(C)C(O)[C@H]1OC(c2ccccc2)(c2ccccc2)C1(C)C. The summed E-state index contributed by atoms with van der Waals surface area (Å²) >= 11 is 0. The topological polar surface area (TPSA) is 29.5 Å². The van der Waals surface area contributed by atoms with Gasteiger partial charge in [-0.1, -0.05) is 95.3 Å². The molecule has 0 spiro atoms. The molecular weight excluding hydrogens is 296 g/mol. The summed E-state index contributed by atoms with van der Waals surface area (Å²) in [6.45, 7) is 10.6. The van der Waals surface area contributed by atoms with Crippen molar-refractivity contribution in [3.63, 3.8) is 0 Å². The number of hydrogen-bond donors (Lipinski definition) is 1. The molecule has 2 atom stereocenters. The van der Waals surface area contributed by atoms with Crippen LogP contribution in [0.4, 0.5) is 0 Å². The van der Waals surface area contributed by atoms with Crippen LogP contribution in [0.3, 0.4) is 0 Å². The molecule has 1 fully saturated rings. The van der Waals surface area contributed by atoms with Crippen molar-refractivity contribution < 1.29 is 9.84 Å². The van der Waals surface area contributed by atoms with Gasteiger partial charge < -0.3 is 9.84 Å². The average molecular weight is 324 g/mol. The highest BCUT2D eigenvalue weighted by Gasteiger charge is 2.66. The predicted molar refractivity (Wildman–Crippen MR) is 97.8 cm³/mol. The predicted octanol–water partition coefficient (Wildman–Crippen LogP) is 4.76. The maximum atomic E-state index is 10.8. The van der Waals surface area contributed by atoms with Crippen LogP contribution in [0.5, 0.6) is 0 Å². The van der Waals surface area contributed by atoms with Gasteiger partial charge in [0.25, 0.3) is 0 Å². The lowest BCUT2D eigenvalue weighted by atomic mass is 9.56. The number of rotatable bonds is 3. The molecule has 0 aromatic heterocycles. The van der Waals surface area contributed by atoms with E-state index in [0.29, 0.717) is 0 Å². The quantitative estimate of drug-likeness (QED) is 0.882. The zero-order valence-electron chi connectivity index (χ0n) is 15.3. The van der Waals surface area contributed by atoms with Gasteiger partial charge in [0.1, 0.15) is 5.60 Å². The molecule has 2 aromatic carbocycles. The standard InChI is InChI=1S/C22H28O2/c1-20(2,3)18(23)19-21(4,5)22(24-19,16-12-8-6-9-13-16)17-14-10-7-11-15-17/h6-15,18-19,23H,1-5H3/t18?,19-/m1/s1. The normalized spacial score (nSPS) is 23.3. The number of ether oxygens (including phenoxy) is 1. The Morgan fingerprint density at radius 2 is 1.29 bits per heavy atom. The first-order chi connectivity index (χ1) is 11.2. The molecule has 1 aliphatic heterocycles. The van der Waals surface area contributed by atoms with Crippen molar-refractivity contribution in [1.82, 2.24) is 0 Å². The molecule has 2 nitrogen and oxygen atoms in total. The maximum Gasteiger partial charge on any atom is 0.126 e. The fourth-order valence-corrected chi connectivity index (χ4v) is 3.94. The van der Waals surface area contributed by atoms with E-state index in [-0.39, 0.29) is 16.9 Å². The average Bonchev–Trinajstić information content (AvgIpc) is 2.55. The highest BCUT2D eigenvalue weighted by molar-refractivity contribution is 5.43. The summed E-state index contributed by atoms with van der Waals surface area (Å²) in [5, 5.41) is 10.8. The highest BCUT2D eigenvalue weighted by atomic mass is 16.6. The third kappa shape index (κ3) is 2.40. The van der Waals surface area contributed by atoms with Crippen LogP contribution in [0.15, 0.2) is 60.7 Å². The van der Waals surface area contributed by atoms with Gasteiger partial charge in [-0.05, 0) is 16.5 Å². The Balaban J connectivity index is 2.10. The number of aliphatic hydroxyl groups is 1. The van der Waals surface area contributed by atoms with Crippen LogP contribution in [0.25, 0.3) is 0 Å². The minimum atomic E-state index is -0.535. The third-order valence-electron chi connectivity index (χ3n) is 5.46. The van der Waals surface area contributed by atoms with Gasteiger partial charge in [-0.2, -0.15) is 0 Å². The molecule has 1 heterocycles. The van der Waals surface area contributed by atoms with Gasteiger partial charge in [0.15, 0.2) is 0 Å².